The minimum absolute atomic E-state index is 0.00660. The third-order valence-corrected chi connectivity index (χ3v) is 4.92. The minimum atomic E-state index is -0.134. The Bertz CT molecular complexity index is 748. The molecule has 1 atom stereocenters. The molecule has 0 radical (unpaired) electrons. The Balaban J connectivity index is 1.56. The molecule has 1 saturated heterocycles. The second-order valence-corrected chi connectivity index (χ2v) is 6.08. The highest BCUT2D eigenvalue weighted by atomic mass is 16.1. The van der Waals surface area contributed by atoms with Gasteiger partial charge in [0, 0.05) is 31.2 Å². The molecule has 1 aromatic heterocycles. The molecule has 3 heterocycles. The zero-order valence-corrected chi connectivity index (χ0v) is 12.2. The molecule has 2 aromatic rings. The number of hydrogen-bond acceptors (Lipinski definition) is 5. The van der Waals surface area contributed by atoms with Gasteiger partial charge < -0.3 is 20.9 Å². The highest BCUT2D eigenvalue weighted by molar-refractivity contribution is 5.61. The molecular weight excluding hydrogens is 278 g/mol. The van der Waals surface area contributed by atoms with Crippen LogP contribution in [0.25, 0.3) is 0 Å². The van der Waals surface area contributed by atoms with Gasteiger partial charge in [0.2, 0.25) is 0 Å². The molecule has 0 bridgehead atoms. The molecule has 0 amide bonds. The summed E-state index contributed by atoms with van der Waals surface area (Å²) in [6.07, 6.45) is 4.95. The first kappa shape index (κ1) is 13.3. The summed E-state index contributed by atoms with van der Waals surface area (Å²) in [6.45, 7) is 1.55. The van der Waals surface area contributed by atoms with E-state index in [1.165, 1.54) is 5.56 Å². The average Bonchev–Trinajstić information content (AvgIpc) is 2.82. The molecule has 0 unspecified atom stereocenters. The molecule has 2 aliphatic heterocycles. The van der Waals surface area contributed by atoms with Gasteiger partial charge in [0.05, 0.1) is 11.6 Å². The van der Waals surface area contributed by atoms with Gasteiger partial charge in [-0.2, -0.15) is 0 Å². The lowest BCUT2D eigenvalue weighted by Gasteiger charge is -2.42. The van der Waals surface area contributed by atoms with Crippen molar-refractivity contribution in [1.82, 2.24) is 9.97 Å². The zero-order chi connectivity index (χ0) is 15.2. The summed E-state index contributed by atoms with van der Waals surface area (Å²) in [5.41, 5.74) is 8.59. The summed E-state index contributed by atoms with van der Waals surface area (Å²) < 4.78 is 0. The zero-order valence-electron chi connectivity index (χ0n) is 12.2. The van der Waals surface area contributed by atoms with Crippen molar-refractivity contribution in [2.24, 2.45) is 5.73 Å². The molecule has 1 spiro atoms. The van der Waals surface area contributed by atoms with E-state index in [0.717, 1.165) is 31.6 Å². The Morgan fingerprint density at radius 1 is 1.27 bits per heavy atom. The SMILES string of the molecule is N[C@@H]1c2ccccc2NC12CCN(c1ncc[nH]c1=O)CC2. The van der Waals surface area contributed by atoms with E-state index in [1.807, 2.05) is 17.0 Å². The van der Waals surface area contributed by atoms with Gasteiger partial charge in [0.25, 0.3) is 5.56 Å². The molecule has 0 saturated carbocycles. The Kier molecular flexibility index (Phi) is 2.94. The normalized spacial score (nSPS) is 22.4. The van der Waals surface area contributed by atoms with Gasteiger partial charge in [-0.05, 0) is 24.5 Å². The highest BCUT2D eigenvalue weighted by Gasteiger charge is 2.45. The highest BCUT2D eigenvalue weighted by Crippen LogP contribution is 2.45. The Morgan fingerprint density at radius 2 is 2.05 bits per heavy atom. The van der Waals surface area contributed by atoms with Crippen molar-refractivity contribution in [2.75, 3.05) is 23.3 Å². The van der Waals surface area contributed by atoms with Crippen molar-refractivity contribution in [2.45, 2.75) is 24.4 Å². The van der Waals surface area contributed by atoms with Gasteiger partial charge in [-0.1, -0.05) is 18.2 Å². The quantitative estimate of drug-likeness (QED) is 0.737. The maximum Gasteiger partial charge on any atom is 0.290 e. The molecular formula is C16H19N5O. The van der Waals surface area contributed by atoms with E-state index < -0.39 is 0 Å². The number of fused-ring (bicyclic) bond motifs is 1. The molecule has 1 aromatic carbocycles. The Labute approximate surface area is 128 Å². The maximum absolute atomic E-state index is 11.9. The predicted molar refractivity (Wildman–Crippen MR) is 86.0 cm³/mol. The monoisotopic (exact) mass is 297 g/mol. The number of H-pyrrole nitrogens is 1. The minimum Gasteiger partial charge on any atom is -0.377 e. The van der Waals surface area contributed by atoms with Crippen LogP contribution in [0.1, 0.15) is 24.4 Å². The van der Waals surface area contributed by atoms with Gasteiger partial charge >= 0.3 is 0 Å². The summed E-state index contributed by atoms with van der Waals surface area (Å²) in [6, 6.07) is 8.23. The number of rotatable bonds is 1. The largest absolute Gasteiger partial charge is 0.377 e. The lowest BCUT2D eigenvalue weighted by atomic mass is 9.81. The lowest BCUT2D eigenvalue weighted by Crippen LogP contribution is -2.53. The Morgan fingerprint density at radius 3 is 2.77 bits per heavy atom. The summed E-state index contributed by atoms with van der Waals surface area (Å²) in [5.74, 6) is 0.501. The number of nitrogens with two attached hydrogens (primary N) is 1. The lowest BCUT2D eigenvalue weighted by molar-refractivity contribution is 0.322. The molecule has 6 heteroatoms. The summed E-state index contributed by atoms with van der Waals surface area (Å²) >= 11 is 0. The second kappa shape index (κ2) is 4.84. The predicted octanol–water partition coefficient (Wildman–Crippen LogP) is 1.23. The van der Waals surface area contributed by atoms with Crippen LogP contribution in [-0.4, -0.2) is 28.6 Å². The second-order valence-electron chi connectivity index (χ2n) is 6.08. The molecule has 1 fully saturated rings. The first-order valence-corrected chi connectivity index (χ1v) is 7.61. The third-order valence-electron chi connectivity index (χ3n) is 4.92. The summed E-state index contributed by atoms with van der Waals surface area (Å²) in [4.78, 5) is 20.8. The van der Waals surface area contributed by atoms with Crippen LogP contribution in [0.5, 0.6) is 0 Å². The number of para-hydroxylation sites is 1. The Hall–Kier alpha value is -2.34. The van der Waals surface area contributed by atoms with E-state index in [4.69, 9.17) is 5.73 Å². The van der Waals surface area contributed by atoms with Crippen molar-refractivity contribution in [1.29, 1.82) is 0 Å². The molecule has 2 aliphatic rings. The fourth-order valence-electron chi connectivity index (χ4n) is 3.65. The number of piperidine rings is 1. The number of nitrogens with one attached hydrogen (secondary N) is 2. The molecule has 22 heavy (non-hydrogen) atoms. The molecule has 4 rings (SSSR count). The van der Waals surface area contributed by atoms with E-state index in [9.17, 15) is 4.79 Å². The molecule has 114 valence electrons. The molecule has 6 nitrogen and oxygen atoms in total. The summed E-state index contributed by atoms with van der Waals surface area (Å²) in [7, 11) is 0. The maximum atomic E-state index is 11.9. The van der Waals surface area contributed by atoms with Crippen LogP contribution in [0.3, 0.4) is 0 Å². The van der Waals surface area contributed by atoms with E-state index in [0.29, 0.717) is 5.82 Å². The average molecular weight is 297 g/mol. The van der Waals surface area contributed by atoms with Crippen LogP contribution in [0, 0.1) is 0 Å². The van der Waals surface area contributed by atoms with Crippen molar-refractivity contribution in [3.63, 3.8) is 0 Å². The van der Waals surface area contributed by atoms with E-state index >= 15 is 0 Å². The summed E-state index contributed by atoms with van der Waals surface area (Å²) in [5, 5.41) is 3.63. The number of benzene rings is 1. The number of aromatic amines is 1. The molecule has 0 aliphatic carbocycles. The molecule has 4 N–H and O–H groups in total. The topological polar surface area (TPSA) is 87.0 Å². The number of aromatic nitrogens is 2. The van der Waals surface area contributed by atoms with Crippen molar-refractivity contribution >= 4 is 11.5 Å². The van der Waals surface area contributed by atoms with Gasteiger partial charge in [-0.15, -0.1) is 0 Å². The van der Waals surface area contributed by atoms with Crippen LogP contribution in [0.15, 0.2) is 41.5 Å². The van der Waals surface area contributed by atoms with Crippen molar-refractivity contribution in [3.05, 3.63) is 52.6 Å². The van der Waals surface area contributed by atoms with Crippen LogP contribution in [0.2, 0.25) is 0 Å². The van der Waals surface area contributed by atoms with Crippen LogP contribution < -0.4 is 21.5 Å². The van der Waals surface area contributed by atoms with Crippen LogP contribution >= 0.6 is 0 Å². The van der Waals surface area contributed by atoms with Gasteiger partial charge in [-0.3, -0.25) is 4.79 Å². The third kappa shape index (κ3) is 1.91. The fourth-order valence-corrected chi connectivity index (χ4v) is 3.65. The van der Waals surface area contributed by atoms with E-state index in [-0.39, 0.29) is 17.1 Å². The van der Waals surface area contributed by atoms with Crippen molar-refractivity contribution in [3.8, 4) is 0 Å². The smallest absolute Gasteiger partial charge is 0.290 e. The standard InChI is InChI=1S/C16H19N5O/c17-13-11-3-1-2-4-12(11)20-16(13)5-9-21(10-6-16)14-15(22)19-8-7-18-14/h1-4,7-8,13,20H,5-6,9-10,17H2,(H,19,22)/t13-/m1/s1. The number of anilines is 2. The van der Waals surface area contributed by atoms with Gasteiger partial charge in [0.1, 0.15) is 0 Å². The van der Waals surface area contributed by atoms with Crippen LogP contribution in [-0.2, 0) is 0 Å². The van der Waals surface area contributed by atoms with Gasteiger partial charge in [-0.25, -0.2) is 4.98 Å². The fraction of sp³-hybridized carbons (Fsp3) is 0.375. The van der Waals surface area contributed by atoms with Crippen LogP contribution in [0.4, 0.5) is 11.5 Å². The number of hydrogen-bond donors (Lipinski definition) is 3. The van der Waals surface area contributed by atoms with E-state index in [1.54, 1.807) is 12.4 Å². The van der Waals surface area contributed by atoms with Crippen molar-refractivity contribution < 1.29 is 0 Å². The first-order chi connectivity index (χ1) is 10.7. The number of nitrogens with zero attached hydrogens (tertiary/aromatic N) is 2. The first-order valence-electron chi connectivity index (χ1n) is 7.61. The van der Waals surface area contributed by atoms with E-state index in [2.05, 4.69) is 27.4 Å². The van der Waals surface area contributed by atoms with Gasteiger partial charge in [0.15, 0.2) is 5.82 Å².